The minimum atomic E-state index is -3.42. The molecule has 0 bridgehead atoms. The van der Waals surface area contributed by atoms with Gasteiger partial charge in [0.2, 0.25) is 10.0 Å². The number of aliphatic hydroxyl groups excluding tert-OH is 1. The van der Waals surface area contributed by atoms with Crippen LogP contribution in [-0.2, 0) is 10.0 Å². The Morgan fingerprint density at radius 1 is 1.24 bits per heavy atom. The SMILES string of the molecule is O=S(=O)(NCCN1CCCCC(CO)C1)c1ccccc1. The number of aliphatic hydroxyl groups is 1. The van der Waals surface area contributed by atoms with Crippen LogP contribution in [-0.4, -0.2) is 51.2 Å². The fraction of sp³-hybridized carbons (Fsp3) is 0.600. The van der Waals surface area contributed by atoms with E-state index in [2.05, 4.69) is 9.62 Å². The van der Waals surface area contributed by atoms with Crippen LogP contribution in [0.1, 0.15) is 19.3 Å². The number of sulfonamides is 1. The van der Waals surface area contributed by atoms with Gasteiger partial charge in [-0.3, -0.25) is 0 Å². The molecule has 6 heteroatoms. The lowest BCUT2D eigenvalue weighted by atomic mass is 10.1. The van der Waals surface area contributed by atoms with E-state index in [1.54, 1.807) is 30.3 Å². The van der Waals surface area contributed by atoms with Crippen LogP contribution >= 0.6 is 0 Å². The lowest BCUT2D eigenvalue weighted by Gasteiger charge is -2.23. The molecule has 1 atom stereocenters. The molecule has 1 heterocycles. The molecule has 0 radical (unpaired) electrons. The molecule has 5 nitrogen and oxygen atoms in total. The van der Waals surface area contributed by atoms with Crippen molar-refractivity contribution in [1.29, 1.82) is 0 Å². The highest BCUT2D eigenvalue weighted by Gasteiger charge is 2.18. The number of rotatable bonds is 6. The summed E-state index contributed by atoms with van der Waals surface area (Å²) in [5.41, 5.74) is 0. The third kappa shape index (κ3) is 5.07. The van der Waals surface area contributed by atoms with Gasteiger partial charge in [0, 0.05) is 26.2 Å². The monoisotopic (exact) mass is 312 g/mol. The summed E-state index contributed by atoms with van der Waals surface area (Å²) in [4.78, 5) is 2.54. The molecule has 1 aliphatic rings. The molecule has 118 valence electrons. The van der Waals surface area contributed by atoms with Crippen LogP contribution in [0.15, 0.2) is 35.2 Å². The normalized spacial score (nSPS) is 21.1. The number of hydrogen-bond acceptors (Lipinski definition) is 4. The van der Waals surface area contributed by atoms with E-state index in [1.807, 2.05) is 0 Å². The largest absolute Gasteiger partial charge is 0.396 e. The van der Waals surface area contributed by atoms with Gasteiger partial charge in [0.15, 0.2) is 0 Å². The summed E-state index contributed by atoms with van der Waals surface area (Å²) in [6.07, 6.45) is 3.31. The van der Waals surface area contributed by atoms with Crippen LogP contribution in [0.4, 0.5) is 0 Å². The molecule has 1 saturated heterocycles. The van der Waals surface area contributed by atoms with Gasteiger partial charge in [-0.25, -0.2) is 13.1 Å². The topological polar surface area (TPSA) is 69.6 Å². The zero-order chi connectivity index (χ0) is 15.1. The first kappa shape index (κ1) is 16.4. The van der Waals surface area contributed by atoms with E-state index in [9.17, 15) is 13.5 Å². The summed E-state index contributed by atoms with van der Waals surface area (Å²) >= 11 is 0. The molecule has 2 N–H and O–H groups in total. The van der Waals surface area contributed by atoms with Crippen molar-refractivity contribution in [2.24, 2.45) is 5.92 Å². The Balaban J connectivity index is 1.83. The second kappa shape index (κ2) is 7.89. The minimum Gasteiger partial charge on any atom is -0.396 e. The minimum absolute atomic E-state index is 0.215. The number of benzene rings is 1. The van der Waals surface area contributed by atoms with Gasteiger partial charge in [0.25, 0.3) is 0 Å². The highest BCUT2D eigenvalue weighted by Crippen LogP contribution is 2.15. The van der Waals surface area contributed by atoms with Gasteiger partial charge in [-0.2, -0.15) is 0 Å². The van der Waals surface area contributed by atoms with Crippen molar-refractivity contribution in [2.75, 3.05) is 32.8 Å². The molecule has 0 spiro atoms. The molecule has 1 unspecified atom stereocenters. The maximum absolute atomic E-state index is 12.1. The van der Waals surface area contributed by atoms with E-state index in [4.69, 9.17) is 0 Å². The average Bonchev–Trinajstić information content (AvgIpc) is 2.73. The second-order valence-electron chi connectivity index (χ2n) is 5.56. The van der Waals surface area contributed by atoms with Gasteiger partial charge in [0.1, 0.15) is 0 Å². The molecule has 21 heavy (non-hydrogen) atoms. The predicted octanol–water partition coefficient (Wildman–Crippen LogP) is 1.06. The quantitative estimate of drug-likeness (QED) is 0.824. The maximum atomic E-state index is 12.1. The van der Waals surface area contributed by atoms with Gasteiger partial charge < -0.3 is 10.0 Å². The van der Waals surface area contributed by atoms with Gasteiger partial charge in [-0.1, -0.05) is 24.6 Å². The summed E-state index contributed by atoms with van der Waals surface area (Å²) in [5, 5.41) is 9.30. The lowest BCUT2D eigenvalue weighted by Crippen LogP contribution is -2.37. The lowest BCUT2D eigenvalue weighted by molar-refractivity contribution is 0.174. The Kier molecular flexibility index (Phi) is 6.17. The number of hydrogen-bond donors (Lipinski definition) is 2. The third-order valence-corrected chi connectivity index (χ3v) is 5.36. The second-order valence-corrected chi connectivity index (χ2v) is 7.32. The van der Waals surface area contributed by atoms with Crippen LogP contribution in [0.25, 0.3) is 0 Å². The molecule has 1 aromatic rings. The van der Waals surface area contributed by atoms with Gasteiger partial charge in [-0.15, -0.1) is 0 Å². The van der Waals surface area contributed by atoms with Crippen molar-refractivity contribution in [3.05, 3.63) is 30.3 Å². The first-order valence-corrected chi connectivity index (χ1v) is 8.98. The Morgan fingerprint density at radius 2 is 2.00 bits per heavy atom. The van der Waals surface area contributed by atoms with E-state index in [0.29, 0.717) is 23.9 Å². The van der Waals surface area contributed by atoms with E-state index < -0.39 is 10.0 Å². The Labute approximate surface area is 127 Å². The molecule has 0 amide bonds. The van der Waals surface area contributed by atoms with E-state index in [-0.39, 0.29) is 6.61 Å². The standard InChI is InChI=1S/C15H24N2O3S/c18-13-14-6-4-5-10-17(12-14)11-9-16-21(19,20)15-7-2-1-3-8-15/h1-3,7-8,14,16,18H,4-6,9-13H2. The summed E-state index contributed by atoms with van der Waals surface area (Å²) in [6, 6.07) is 8.42. The molecule has 1 aromatic carbocycles. The fourth-order valence-electron chi connectivity index (χ4n) is 2.69. The predicted molar refractivity (Wildman–Crippen MR) is 82.5 cm³/mol. The van der Waals surface area contributed by atoms with E-state index in [0.717, 1.165) is 32.4 Å². The first-order valence-electron chi connectivity index (χ1n) is 7.50. The van der Waals surface area contributed by atoms with Crippen molar-refractivity contribution in [3.8, 4) is 0 Å². The van der Waals surface area contributed by atoms with Crippen LogP contribution < -0.4 is 4.72 Å². The van der Waals surface area contributed by atoms with Crippen molar-refractivity contribution in [3.63, 3.8) is 0 Å². The summed E-state index contributed by atoms with van der Waals surface area (Å²) in [7, 11) is -3.42. The highest BCUT2D eigenvalue weighted by molar-refractivity contribution is 7.89. The van der Waals surface area contributed by atoms with Gasteiger partial charge >= 0.3 is 0 Å². The van der Waals surface area contributed by atoms with Gasteiger partial charge in [0.05, 0.1) is 4.90 Å². The smallest absolute Gasteiger partial charge is 0.240 e. The van der Waals surface area contributed by atoms with E-state index >= 15 is 0 Å². The molecule has 0 saturated carbocycles. The summed E-state index contributed by atoms with van der Waals surface area (Å²) < 4.78 is 26.8. The molecular formula is C15H24N2O3S. The number of nitrogens with zero attached hydrogens (tertiary/aromatic N) is 1. The average molecular weight is 312 g/mol. The van der Waals surface area contributed by atoms with Crippen molar-refractivity contribution >= 4 is 10.0 Å². The van der Waals surface area contributed by atoms with Crippen LogP contribution in [0, 0.1) is 5.92 Å². The summed E-state index contributed by atoms with van der Waals surface area (Å²) in [5.74, 6) is 0.318. The molecule has 0 aromatic heterocycles. The number of nitrogens with one attached hydrogen (secondary N) is 1. The third-order valence-electron chi connectivity index (χ3n) is 3.88. The molecule has 1 fully saturated rings. The zero-order valence-corrected chi connectivity index (χ0v) is 13.1. The maximum Gasteiger partial charge on any atom is 0.240 e. The molecule has 0 aliphatic carbocycles. The van der Waals surface area contributed by atoms with E-state index in [1.165, 1.54) is 0 Å². The first-order chi connectivity index (χ1) is 10.1. The van der Waals surface area contributed by atoms with Gasteiger partial charge in [-0.05, 0) is 37.4 Å². The Morgan fingerprint density at radius 3 is 2.71 bits per heavy atom. The van der Waals surface area contributed by atoms with Crippen LogP contribution in [0.5, 0.6) is 0 Å². The Hall–Kier alpha value is -0.950. The highest BCUT2D eigenvalue weighted by atomic mass is 32.2. The van der Waals surface area contributed by atoms with Crippen LogP contribution in [0.3, 0.4) is 0 Å². The zero-order valence-electron chi connectivity index (χ0n) is 12.2. The number of likely N-dealkylation sites (tertiary alicyclic amines) is 1. The molecule has 1 aliphatic heterocycles. The van der Waals surface area contributed by atoms with Crippen molar-refractivity contribution in [2.45, 2.75) is 24.2 Å². The Bertz CT molecular complexity index is 519. The van der Waals surface area contributed by atoms with Crippen molar-refractivity contribution in [1.82, 2.24) is 9.62 Å². The van der Waals surface area contributed by atoms with Crippen molar-refractivity contribution < 1.29 is 13.5 Å². The van der Waals surface area contributed by atoms with Crippen LogP contribution in [0.2, 0.25) is 0 Å². The molecule has 2 rings (SSSR count). The fourth-order valence-corrected chi connectivity index (χ4v) is 3.73. The molecular weight excluding hydrogens is 288 g/mol. The summed E-state index contributed by atoms with van der Waals surface area (Å²) in [6.45, 7) is 3.12.